The average Bonchev–Trinajstić information content (AvgIpc) is 2.77. The van der Waals surface area contributed by atoms with E-state index < -0.39 is 0 Å². The third-order valence-corrected chi connectivity index (χ3v) is 4.98. The fourth-order valence-corrected chi connectivity index (χ4v) is 4.23. The fraction of sp³-hybridized carbons (Fsp3) is 1.00. The maximum atomic E-state index is 6.09. The van der Waals surface area contributed by atoms with Crippen LogP contribution in [0, 0.1) is 29.6 Å². The fourth-order valence-electron chi connectivity index (χ4n) is 3.98. The van der Waals surface area contributed by atoms with Crippen LogP contribution >= 0.6 is 11.6 Å². The van der Waals surface area contributed by atoms with Crippen LogP contribution in [0.5, 0.6) is 0 Å². The molecule has 0 heterocycles. The normalized spacial score (nSPS) is 36.4. The monoisotopic (exact) mass is 228 g/mol. The SMILES string of the molecule is CC(C)CC(CCl)CC1CC2CCC1C2. The van der Waals surface area contributed by atoms with Gasteiger partial charge in [-0.05, 0) is 61.7 Å². The van der Waals surface area contributed by atoms with E-state index in [2.05, 4.69) is 13.8 Å². The van der Waals surface area contributed by atoms with Gasteiger partial charge >= 0.3 is 0 Å². The molecule has 1 heteroatoms. The molecule has 0 aliphatic heterocycles. The maximum Gasteiger partial charge on any atom is 0.0251 e. The van der Waals surface area contributed by atoms with E-state index in [0.29, 0.717) is 0 Å². The first-order chi connectivity index (χ1) is 7.19. The molecule has 2 rings (SSSR count). The van der Waals surface area contributed by atoms with Gasteiger partial charge in [-0.2, -0.15) is 0 Å². The van der Waals surface area contributed by atoms with E-state index >= 15 is 0 Å². The molecule has 0 aromatic heterocycles. The standard InChI is InChI=1S/C14H25Cl/c1-10(2)5-12(9-15)8-14-7-11-3-4-13(14)6-11/h10-14H,3-9H2,1-2H3. The van der Waals surface area contributed by atoms with Crippen molar-refractivity contribution in [2.24, 2.45) is 29.6 Å². The number of rotatable bonds is 5. The highest BCUT2D eigenvalue weighted by Crippen LogP contribution is 2.50. The van der Waals surface area contributed by atoms with Gasteiger partial charge in [-0.3, -0.25) is 0 Å². The van der Waals surface area contributed by atoms with Crippen molar-refractivity contribution in [3.63, 3.8) is 0 Å². The molecule has 0 N–H and O–H groups in total. The third-order valence-electron chi connectivity index (χ3n) is 4.54. The van der Waals surface area contributed by atoms with Crippen LogP contribution in [-0.4, -0.2) is 5.88 Å². The first-order valence-corrected chi connectivity index (χ1v) is 7.28. The zero-order valence-corrected chi connectivity index (χ0v) is 11.0. The van der Waals surface area contributed by atoms with Crippen molar-refractivity contribution in [3.8, 4) is 0 Å². The molecular formula is C14H25Cl. The summed E-state index contributed by atoms with van der Waals surface area (Å²) in [6.45, 7) is 4.64. The Morgan fingerprint density at radius 2 is 2.00 bits per heavy atom. The van der Waals surface area contributed by atoms with Crippen LogP contribution in [0.2, 0.25) is 0 Å². The number of alkyl halides is 1. The second kappa shape index (κ2) is 5.08. The first kappa shape index (κ1) is 11.8. The molecule has 0 spiro atoms. The molecule has 2 bridgehead atoms. The quantitative estimate of drug-likeness (QED) is 0.598. The maximum absolute atomic E-state index is 6.09. The van der Waals surface area contributed by atoms with Crippen molar-refractivity contribution < 1.29 is 0 Å². The Morgan fingerprint density at radius 1 is 1.20 bits per heavy atom. The van der Waals surface area contributed by atoms with Gasteiger partial charge in [0.05, 0.1) is 0 Å². The van der Waals surface area contributed by atoms with Crippen molar-refractivity contribution in [1.82, 2.24) is 0 Å². The number of hydrogen-bond donors (Lipinski definition) is 0. The van der Waals surface area contributed by atoms with Gasteiger partial charge in [0.1, 0.15) is 0 Å². The zero-order chi connectivity index (χ0) is 10.8. The van der Waals surface area contributed by atoms with Gasteiger partial charge in [-0.1, -0.05) is 20.3 Å². The summed E-state index contributed by atoms with van der Waals surface area (Å²) in [4.78, 5) is 0. The Kier molecular flexibility index (Phi) is 3.98. The van der Waals surface area contributed by atoms with Crippen LogP contribution in [0.4, 0.5) is 0 Å². The molecule has 2 fully saturated rings. The van der Waals surface area contributed by atoms with E-state index in [9.17, 15) is 0 Å². The highest BCUT2D eigenvalue weighted by atomic mass is 35.5. The van der Waals surface area contributed by atoms with Crippen molar-refractivity contribution >= 4 is 11.6 Å². The Labute approximate surface area is 99.8 Å². The van der Waals surface area contributed by atoms with Crippen molar-refractivity contribution in [2.45, 2.75) is 52.4 Å². The minimum Gasteiger partial charge on any atom is -0.126 e. The van der Waals surface area contributed by atoms with Crippen LogP contribution in [0.15, 0.2) is 0 Å². The molecular weight excluding hydrogens is 204 g/mol. The summed E-state index contributed by atoms with van der Waals surface area (Å²) in [6, 6.07) is 0. The molecule has 0 aromatic rings. The molecule has 2 aliphatic rings. The summed E-state index contributed by atoms with van der Waals surface area (Å²) in [5.74, 6) is 5.68. The van der Waals surface area contributed by atoms with Gasteiger partial charge in [-0.25, -0.2) is 0 Å². The van der Waals surface area contributed by atoms with E-state index in [1.807, 2.05) is 0 Å². The second-order valence-corrected chi connectivity index (χ2v) is 6.63. The van der Waals surface area contributed by atoms with Gasteiger partial charge in [0.25, 0.3) is 0 Å². The Morgan fingerprint density at radius 3 is 2.47 bits per heavy atom. The zero-order valence-electron chi connectivity index (χ0n) is 10.2. The highest BCUT2D eigenvalue weighted by Gasteiger charge is 2.39. The summed E-state index contributed by atoms with van der Waals surface area (Å²) < 4.78 is 0. The van der Waals surface area contributed by atoms with Gasteiger partial charge in [0, 0.05) is 5.88 Å². The average molecular weight is 229 g/mol. The van der Waals surface area contributed by atoms with Crippen LogP contribution in [-0.2, 0) is 0 Å². The first-order valence-electron chi connectivity index (χ1n) is 6.75. The minimum absolute atomic E-state index is 0.788. The number of halogens is 1. The summed E-state index contributed by atoms with van der Waals surface area (Å²) in [5.41, 5.74) is 0. The molecule has 0 aromatic carbocycles. The van der Waals surface area contributed by atoms with Gasteiger partial charge in [-0.15, -0.1) is 11.6 Å². The lowest BCUT2D eigenvalue weighted by Gasteiger charge is -2.26. The molecule has 0 amide bonds. The molecule has 0 radical (unpaired) electrons. The van der Waals surface area contributed by atoms with Crippen LogP contribution in [0.1, 0.15) is 52.4 Å². The number of fused-ring (bicyclic) bond motifs is 2. The number of hydrogen-bond acceptors (Lipinski definition) is 0. The molecule has 0 saturated heterocycles. The van der Waals surface area contributed by atoms with Crippen molar-refractivity contribution in [1.29, 1.82) is 0 Å². The van der Waals surface area contributed by atoms with E-state index in [-0.39, 0.29) is 0 Å². The Balaban J connectivity index is 1.79. The smallest absolute Gasteiger partial charge is 0.0251 e. The van der Waals surface area contributed by atoms with Crippen LogP contribution in [0.25, 0.3) is 0 Å². The van der Waals surface area contributed by atoms with Gasteiger partial charge < -0.3 is 0 Å². The Hall–Kier alpha value is 0.290. The summed E-state index contributed by atoms with van der Waals surface area (Å²) in [6.07, 6.45) is 8.86. The topological polar surface area (TPSA) is 0 Å². The lowest BCUT2D eigenvalue weighted by molar-refractivity contribution is 0.259. The molecule has 2 aliphatic carbocycles. The van der Waals surface area contributed by atoms with Gasteiger partial charge in [0.2, 0.25) is 0 Å². The summed E-state index contributed by atoms with van der Waals surface area (Å²) in [5, 5.41) is 0. The molecule has 88 valence electrons. The lowest BCUT2D eigenvalue weighted by atomic mass is 9.80. The lowest BCUT2D eigenvalue weighted by Crippen LogP contribution is -2.17. The summed E-state index contributed by atoms with van der Waals surface area (Å²) in [7, 11) is 0. The van der Waals surface area contributed by atoms with E-state index in [1.54, 1.807) is 6.42 Å². The van der Waals surface area contributed by atoms with Crippen molar-refractivity contribution in [3.05, 3.63) is 0 Å². The largest absolute Gasteiger partial charge is 0.126 e. The molecule has 4 unspecified atom stereocenters. The molecule has 0 nitrogen and oxygen atoms in total. The van der Waals surface area contributed by atoms with E-state index in [4.69, 9.17) is 11.6 Å². The predicted molar refractivity (Wildman–Crippen MR) is 67.2 cm³/mol. The molecule has 15 heavy (non-hydrogen) atoms. The van der Waals surface area contributed by atoms with Gasteiger partial charge in [0.15, 0.2) is 0 Å². The third kappa shape index (κ3) is 2.90. The van der Waals surface area contributed by atoms with Crippen LogP contribution in [0.3, 0.4) is 0 Å². The summed E-state index contributed by atoms with van der Waals surface area (Å²) >= 11 is 6.09. The van der Waals surface area contributed by atoms with Crippen LogP contribution < -0.4 is 0 Å². The van der Waals surface area contributed by atoms with E-state index in [0.717, 1.165) is 35.5 Å². The molecule has 4 atom stereocenters. The van der Waals surface area contributed by atoms with E-state index in [1.165, 1.54) is 32.1 Å². The second-order valence-electron chi connectivity index (χ2n) is 6.32. The Bertz CT molecular complexity index is 200. The predicted octanol–water partition coefficient (Wildman–Crippen LogP) is 4.71. The minimum atomic E-state index is 0.788. The van der Waals surface area contributed by atoms with Crippen molar-refractivity contribution in [2.75, 3.05) is 5.88 Å². The molecule has 2 saturated carbocycles. The highest BCUT2D eigenvalue weighted by molar-refractivity contribution is 6.18.